The number of hydrogen-bond acceptors (Lipinski definition) is 2. The number of hydrogen-bond donors (Lipinski definition) is 0. The van der Waals surface area contributed by atoms with Crippen molar-refractivity contribution in [3.8, 4) is 0 Å². The van der Waals surface area contributed by atoms with E-state index in [4.69, 9.17) is 0 Å². The first kappa shape index (κ1) is 9.46. The van der Waals surface area contributed by atoms with Crippen molar-refractivity contribution in [1.82, 2.24) is 4.90 Å². The topological polar surface area (TPSA) is 20.3 Å². The molecule has 1 fully saturated rings. The summed E-state index contributed by atoms with van der Waals surface area (Å²) in [7, 11) is 2.11. The van der Waals surface area contributed by atoms with Gasteiger partial charge in [-0.3, -0.25) is 9.69 Å². The van der Waals surface area contributed by atoms with Crippen LogP contribution in [-0.4, -0.2) is 30.3 Å². The summed E-state index contributed by atoms with van der Waals surface area (Å²) in [4.78, 5) is 13.2. The van der Waals surface area contributed by atoms with Gasteiger partial charge in [-0.1, -0.05) is 13.0 Å². The van der Waals surface area contributed by atoms with Crippen molar-refractivity contribution in [3.63, 3.8) is 0 Å². The molecule has 0 radical (unpaired) electrons. The van der Waals surface area contributed by atoms with E-state index in [1.54, 1.807) is 6.08 Å². The Balaban J connectivity index is 2.14. The average Bonchev–Trinajstić information content (AvgIpc) is 2.86. The lowest BCUT2D eigenvalue weighted by Crippen LogP contribution is -2.20. The average molecular weight is 167 g/mol. The molecule has 68 valence electrons. The van der Waals surface area contributed by atoms with Gasteiger partial charge in [0.05, 0.1) is 0 Å². The highest BCUT2D eigenvalue weighted by Gasteiger charge is 2.24. The zero-order chi connectivity index (χ0) is 8.97. The van der Waals surface area contributed by atoms with Crippen LogP contribution in [0.2, 0.25) is 0 Å². The molecule has 12 heavy (non-hydrogen) atoms. The van der Waals surface area contributed by atoms with Gasteiger partial charge in [-0.25, -0.2) is 0 Å². The highest BCUT2D eigenvalue weighted by atomic mass is 16.1. The number of carbonyl (C=O) groups excluding carboxylic acids is 1. The fourth-order valence-corrected chi connectivity index (χ4v) is 1.13. The van der Waals surface area contributed by atoms with Gasteiger partial charge in [0.1, 0.15) is 0 Å². The summed E-state index contributed by atoms with van der Waals surface area (Å²) in [5.74, 6) is 0.221. The molecule has 1 saturated carbocycles. The van der Waals surface area contributed by atoms with Crippen LogP contribution >= 0.6 is 0 Å². The maximum Gasteiger partial charge on any atom is 0.155 e. The maximum atomic E-state index is 10.9. The summed E-state index contributed by atoms with van der Waals surface area (Å²) >= 11 is 0. The van der Waals surface area contributed by atoms with Crippen molar-refractivity contribution >= 4 is 5.78 Å². The second-order valence-corrected chi connectivity index (χ2v) is 3.39. The minimum absolute atomic E-state index is 0.221. The highest BCUT2D eigenvalue weighted by Crippen LogP contribution is 2.24. The Morgan fingerprint density at radius 1 is 1.58 bits per heavy atom. The van der Waals surface area contributed by atoms with Gasteiger partial charge in [-0.05, 0) is 26.0 Å². The molecule has 0 spiro atoms. The second kappa shape index (κ2) is 4.41. The first-order valence-corrected chi connectivity index (χ1v) is 4.63. The Hall–Kier alpha value is -0.630. The first-order chi connectivity index (χ1) is 5.74. The summed E-state index contributed by atoms with van der Waals surface area (Å²) in [6.45, 7) is 2.80. The molecule has 1 rings (SSSR count). The number of allylic oxidation sites excluding steroid dienone is 1. The predicted octanol–water partition coefficient (Wildman–Crippen LogP) is 1.62. The fourth-order valence-electron chi connectivity index (χ4n) is 1.13. The van der Waals surface area contributed by atoms with Crippen LogP contribution in [0.5, 0.6) is 0 Å². The molecular formula is C10H17NO. The van der Waals surface area contributed by atoms with Gasteiger partial charge >= 0.3 is 0 Å². The fraction of sp³-hybridized carbons (Fsp3) is 0.700. The molecule has 0 saturated heterocycles. The van der Waals surface area contributed by atoms with Crippen molar-refractivity contribution in [3.05, 3.63) is 12.2 Å². The molecule has 0 N–H and O–H groups in total. The van der Waals surface area contributed by atoms with E-state index in [0.29, 0.717) is 6.42 Å². The van der Waals surface area contributed by atoms with Crippen LogP contribution in [-0.2, 0) is 4.79 Å². The van der Waals surface area contributed by atoms with Gasteiger partial charge < -0.3 is 0 Å². The van der Waals surface area contributed by atoms with E-state index in [0.717, 1.165) is 12.6 Å². The minimum Gasteiger partial charge on any atom is -0.300 e. The van der Waals surface area contributed by atoms with Gasteiger partial charge in [0.15, 0.2) is 5.78 Å². The van der Waals surface area contributed by atoms with Crippen LogP contribution in [0.15, 0.2) is 12.2 Å². The van der Waals surface area contributed by atoms with E-state index in [-0.39, 0.29) is 5.78 Å². The lowest BCUT2D eigenvalue weighted by molar-refractivity contribution is -0.114. The zero-order valence-corrected chi connectivity index (χ0v) is 7.92. The van der Waals surface area contributed by atoms with Crippen molar-refractivity contribution in [2.45, 2.75) is 32.2 Å². The molecule has 1 aliphatic carbocycles. The van der Waals surface area contributed by atoms with E-state index in [9.17, 15) is 4.79 Å². The summed E-state index contributed by atoms with van der Waals surface area (Å²) in [5, 5.41) is 0. The molecule has 0 bridgehead atoms. The normalized spacial score (nSPS) is 17.6. The largest absolute Gasteiger partial charge is 0.300 e. The molecule has 2 heteroatoms. The van der Waals surface area contributed by atoms with Gasteiger partial charge in [0.25, 0.3) is 0 Å². The van der Waals surface area contributed by atoms with Crippen LogP contribution in [0.1, 0.15) is 26.2 Å². The smallest absolute Gasteiger partial charge is 0.155 e. The lowest BCUT2D eigenvalue weighted by Gasteiger charge is -2.11. The number of rotatable bonds is 5. The number of ketones is 1. The number of carbonyl (C=O) groups is 1. The third-order valence-corrected chi connectivity index (χ3v) is 2.22. The van der Waals surface area contributed by atoms with Gasteiger partial charge in [-0.15, -0.1) is 0 Å². The second-order valence-electron chi connectivity index (χ2n) is 3.39. The third-order valence-electron chi connectivity index (χ3n) is 2.22. The standard InChI is InChI=1S/C10H17NO/c1-3-10(12)5-4-8-11(2)9-6-7-9/h4-5,9H,3,6-8H2,1-2H3/b5-4+. The van der Waals surface area contributed by atoms with Crippen LogP contribution in [0.25, 0.3) is 0 Å². The summed E-state index contributed by atoms with van der Waals surface area (Å²) in [6.07, 6.45) is 6.92. The van der Waals surface area contributed by atoms with Gasteiger partial charge in [0.2, 0.25) is 0 Å². The highest BCUT2D eigenvalue weighted by molar-refractivity contribution is 5.89. The molecule has 0 amide bonds. The van der Waals surface area contributed by atoms with Crippen LogP contribution < -0.4 is 0 Å². The Morgan fingerprint density at radius 2 is 2.25 bits per heavy atom. The van der Waals surface area contributed by atoms with Crippen molar-refractivity contribution in [2.75, 3.05) is 13.6 Å². The molecule has 0 aliphatic heterocycles. The van der Waals surface area contributed by atoms with E-state index < -0.39 is 0 Å². The van der Waals surface area contributed by atoms with E-state index in [2.05, 4.69) is 11.9 Å². The number of likely N-dealkylation sites (N-methyl/N-ethyl adjacent to an activating group) is 1. The Bertz CT molecular complexity index is 182. The molecule has 0 unspecified atom stereocenters. The predicted molar refractivity (Wildman–Crippen MR) is 50.1 cm³/mol. The molecule has 0 heterocycles. The maximum absolute atomic E-state index is 10.9. The minimum atomic E-state index is 0.221. The molecule has 0 aromatic rings. The van der Waals surface area contributed by atoms with E-state index in [1.165, 1.54) is 12.8 Å². The van der Waals surface area contributed by atoms with Crippen LogP contribution in [0.4, 0.5) is 0 Å². The van der Waals surface area contributed by atoms with Gasteiger partial charge in [-0.2, -0.15) is 0 Å². The van der Waals surface area contributed by atoms with E-state index in [1.807, 2.05) is 13.0 Å². The third kappa shape index (κ3) is 3.18. The van der Waals surface area contributed by atoms with Gasteiger partial charge in [0, 0.05) is 19.0 Å². The molecule has 1 aliphatic rings. The molecular weight excluding hydrogens is 150 g/mol. The summed E-state index contributed by atoms with van der Waals surface area (Å²) in [5.41, 5.74) is 0. The Labute approximate surface area is 74.2 Å². The monoisotopic (exact) mass is 167 g/mol. The number of nitrogens with zero attached hydrogens (tertiary/aromatic N) is 1. The lowest BCUT2D eigenvalue weighted by atomic mass is 10.3. The van der Waals surface area contributed by atoms with E-state index >= 15 is 0 Å². The van der Waals surface area contributed by atoms with Crippen LogP contribution in [0, 0.1) is 0 Å². The summed E-state index contributed by atoms with van der Waals surface area (Å²) < 4.78 is 0. The van der Waals surface area contributed by atoms with Crippen molar-refractivity contribution in [2.24, 2.45) is 0 Å². The van der Waals surface area contributed by atoms with Crippen LogP contribution in [0.3, 0.4) is 0 Å². The van der Waals surface area contributed by atoms with Crippen molar-refractivity contribution in [1.29, 1.82) is 0 Å². The summed E-state index contributed by atoms with van der Waals surface area (Å²) in [6, 6.07) is 0.784. The molecule has 0 aromatic heterocycles. The Kier molecular flexibility index (Phi) is 3.48. The molecule has 0 aromatic carbocycles. The first-order valence-electron chi connectivity index (χ1n) is 4.63. The molecule has 0 atom stereocenters. The molecule has 2 nitrogen and oxygen atoms in total. The quantitative estimate of drug-likeness (QED) is 0.580. The zero-order valence-electron chi connectivity index (χ0n) is 7.92. The Morgan fingerprint density at radius 3 is 2.75 bits per heavy atom. The SMILES string of the molecule is CCC(=O)/C=C/CN(C)C1CC1. The van der Waals surface area contributed by atoms with Crippen molar-refractivity contribution < 1.29 is 4.79 Å².